The zero-order valence-electron chi connectivity index (χ0n) is 11.7. The highest BCUT2D eigenvalue weighted by Crippen LogP contribution is 2.31. The molecule has 2 unspecified atom stereocenters. The van der Waals surface area contributed by atoms with Crippen molar-refractivity contribution in [2.75, 3.05) is 26.3 Å². The van der Waals surface area contributed by atoms with Gasteiger partial charge in [0.1, 0.15) is 13.2 Å². The Morgan fingerprint density at radius 1 is 1.30 bits per heavy atom. The van der Waals surface area contributed by atoms with Crippen LogP contribution in [0.3, 0.4) is 0 Å². The summed E-state index contributed by atoms with van der Waals surface area (Å²) in [6, 6.07) is 5.42. The SMILES string of the molecule is CC1CCN(C(=O)c2ccc3c(c2)OCCO3)CC1N. The van der Waals surface area contributed by atoms with Gasteiger partial charge in [0.15, 0.2) is 11.5 Å². The van der Waals surface area contributed by atoms with E-state index in [4.69, 9.17) is 15.2 Å². The molecule has 2 heterocycles. The number of ether oxygens (including phenoxy) is 2. The van der Waals surface area contributed by atoms with E-state index in [1.54, 1.807) is 18.2 Å². The predicted molar refractivity (Wildman–Crippen MR) is 75.1 cm³/mol. The number of likely N-dealkylation sites (tertiary alicyclic amines) is 1. The van der Waals surface area contributed by atoms with E-state index in [-0.39, 0.29) is 11.9 Å². The summed E-state index contributed by atoms with van der Waals surface area (Å²) in [6.45, 7) is 4.60. The van der Waals surface area contributed by atoms with E-state index >= 15 is 0 Å². The number of benzene rings is 1. The summed E-state index contributed by atoms with van der Waals surface area (Å²) in [7, 11) is 0. The van der Waals surface area contributed by atoms with Crippen LogP contribution in [-0.4, -0.2) is 43.2 Å². The smallest absolute Gasteiger partial charge is 0.254 e. The van der Waals surface area contributed by atoms with Gasteiger partial charge in [0.2, 0.25) is 0 Å². The monoisotopic (exact) mass is 276 g/mol. The summed E-state index contributed by atoms with van der Waals surface area (Å²) in [5, 5.41) is 0. The van der Waals surface area contributed by atoms with Crippen LogP contribution < -0.4 is 15.2 Å². The van der Waals surface area contributed by atoms with Gasteiger partial charge in [-0.15, -0.1) is 0 Å². The normalized spacial score (nSPS) is 25.4. The first-order valence-corrected chi connectivity index (χ1v) is 7.09. The quantitative estimate of drug-likeness (QED) is 0.839. The Morgan fingerprint density at radius 3 is 2.80 bits per heavy atom. The molecule has 0 aliphatic carbocycles. The Labute approximate surface area is 118 Å². The van der Waals surface area contributed by atoms with Crippen LogP contribution in [0, 0.1) is 5.92 Å². The second kappa shape index (κ2) is 5.32. The van der Waals surface area contributed by atoms with Crippen LogP contribution in [0.5, 0.6) is 11.5 Å². The van der Waals surface area contributed by atoms with Crippen LogP contribution in [0.4, 0.5) is 0 Å². The molecule has 1 fully saturated rings. The van der Waals surface area contributed by atoms with E-state index in [9.17, 15) is 4.79 Å². The Balaban J connectivity index is 1.77. The van der Waals surface area contributed by atoms with E-state index in [1.165, 1.54) is 0 Å². The van der Waals surface area contributed by atoms with E-state index < -0.39 is 0 Å². The van der Waals surface area contributed by atoms with Gasteiger partial charge in [-0.25, -0.2) is 0 Å². The number of rotatable bonds is 1. The zero-order valence-corrected chi connectivity index (χ0v) is 11.7. The minimum absolute atomic E-state index is 0.0179. The molecule has 2 aliphatic rings. The fraction of sp³-hybridized carbons (Fsp3) is 0.533. The minimum Gasteiger partial charge on any atom is -0.486 e. The van der Waals surface area contributed by atoms with Crippen molar-refractivity contribution < 1.29 is 14.3 Å². The molecule has 0 saturated carbocycles. The molecule has 0 spiro atoms. The number of carbonyl (C=O) groups excluding carboxylic acids is 1. The van der Waals surface area contributed by atoms with Crippen LogP contribution in [0.15, 0.2) is 18.2 Å². The second-order valence-electron chi connectivity index (χ2n) is 5.54. The maximum Gasteiger partial charge on any atom is 0.254 e. The molecule has 108 valence electrons. The van der Waals surface area contributed by atoms with Crippen molar-refractivity contribution in [2.45, 2.75) is 19.4 Å². The molecule has 2 N–H and O–H groups in total. The zero-order chi connectivity index (χ0) is 14.1. The molecular formula is C15H20N2O3. The molecule has 1 saturated heterocycles. The second-order valence-corrected chi connectivity index (χ2v) is 5.54. The van der Waals surface area contributed by atoms with Gasteiger partial charge in [-0.2, -0.15) is 0 Å². The third-order valence-electron chi connectivity index (χ3n) is 4.09. The van der Waals surface area contributed by atoms with E-state index in [2.05, 4.69) is 6.92 Å². The predicted octanol–water partition coefficient (Wildman–Crippen LogP) is 1.27. The third kappa shape index (κ3) is 2.45. The van der Waals surface area contributed by atoms with Crippen LogP contribution in [-0.2, 0) is 0 Å². The Bertz CT molecular complexity index is 518. The minimum atomic E-state index is 0.0179. The van der Waals surface area contributed by atoms with Crippen molar-refractivity contribution in [3.8, 4) is 11.5 Å². The highest BCUT2D eigenvalue weighted by Gasteiger charge is 2.27. The highest BCUT2D eigenvalue weighted by atomic mass is 16.6. The molecule has 0 bridgehead atoms. The molecule has 1 amide bonds. The lowest BCUT2D eigenvalue weighted by atomic mass is 9.94. The van der Waals surface area contributed by atoms with Gasteiger partial charge >= 0.3 is 0 Å². The number of carbonyl (C=O) groups is 1. The number of hydrogen-bond acceptors (Lipinski definition) is 4. The third-order valence-corrected chi connectivity index (χ3v) is 4.09. The van der Waals surface area contributed by atoms with E-state index in [0.717, 1.165) is 13.0 Å². The maximum atomic E-state index is 12.5. The van der Waals surface area contributed by atoms with Crippen LogP contribution in [0.2, 0.25) is 0 Å². The van der Waals surface area contributed by atoms with Crippen LogP contribution in [0.1, 0.15) is 23.7 Å². The molecular weight excluding hydrogens is 256 g/mol. The lowest BCUT2D eigenvalue weighted by molar-refractivity contribution is 0.0671. The Morgan fingerprint density at radius 2 is 2.05 bits per heavy atom. The highest BCUT2D eigenvalue weighted by molar-refractivity contribution is 5.95. The number of piperidine rings is 1. The van der Waals surface area contributed by atoms with Crippen molar-refractivity contribution in [1.82, 2.24) is 4.90 Å². The lowest BCUT2D eigenvalue weighted by Gasteiger charge is -2.35. The largest absolute Gasteiger partial charge is 0.486 e. The van der Waals surface area contributed by atoms with Crippen molar-refractivity contribution >= 4 is 5.91 Å². The number of hydrogen-bond donors (Lipinski definition) is 1. The molecule has 0 aromatic heterocycles. The van der Waals surface area contributed by atoms with Crippen molar-refractivity contribution in [3.63, 3.8) is 0 Å². The first-order valence-electron chi connectivity index (χ1n) is 7.09. The van der Waals surface area contributed by atoms with Gasteiger partial charge < -0.3 is 20.1 Å². The molecule has 2 atom stereocenters. The first kappa shape index (κ1) is 13.2. The fourth-order valence-electron chi connectivity index (χ4n) is 2.64. The summed E-state index contributed by atoms with van der Waals surface area (Å²) in [5.41, 5.74) is 6.69. The summed E-state index contributed by atoms with van der Waals surface area (Å²) in [4.78, 5) is 14.3. The number of nitrogens with zero attached hydrogens (tertiary/aromatic N) is 1. The number of nitrogens with two attached hydrogens (primary N) is 1. The lowest BCUT2D eigenvalue weighted by Crippen LogP contribution is -2.49. The molecule has 1 aromatic rings. The summed E-state index contributed by atoms with van der Waals surface area (Å²) in [5.74, 6) is 1.84. The topological polar surface area (TPSA) is 64.8 Å². The van der Waals surface area contributed by atoms with Gasteiger partial charge in [-0.1, -0.05) is 6.92 Å². The molecule has 2 aliphatic heterocycles. The standard InChI is InChI=1S/C15H20N2O3/c1-10-4-5-17(9-12(10)16)15(18)11-2-3-13-14(8-11)20-7-6-19-13/h2-3,8,10,12H,4-7,9,16H2,1H3. The van der Waals surface area contributed by atoms with Gasteiger partial charge in [-0.05, 0) is 30.5 Å². The molecule has 20 heavy (non-hydrogen) atoms. The van der Waals surface area contributed by atoms with E-state index in [0.29, 0.717) is 42.7 Å². The summed E-state index contributed by atoms with van der Waals surface area (Å²) >= 11 is 0. The summed E-state index contributed by atoms with van der Waals surface area (Å²) in [6.07, 6.45) is 0.956. The molecule has 5 nitrogen and oxygen atoms in total. The average molecular weight is 276 g/mol. The first-order chi connectivity index (χ1) is 9.65. The summed E-state index contributed by atoms with van der Waals surface area (Å²) < 4.78 is 11.0. The fourth-order valence-corrected chi connectivity index (χ4v) is 2.64. The van der Waals surface area contributed by atoms with Gasteiger partial charge in [-0.3, -0.25) is 4.79 Å². The van der Waals surface area contributed by atoms with Gasteiger partial charge in [0.25, 0.3) is 5.91 Å². The number of amides is 1. The van der Waals surface area contributed by atoms with Crippen LogP contribution >= 0.6 is 0 Å². The van der Waals surface area contributed by atoms with Crippen LogP contribution in [0.25, 0.3) is 0 Å². The molecule has 0 radical (unpaired) electrons. The molecule has 3 rings (SSSR count). The Kier molecular flexibility index (Phi) is 3.53. The van der Waals surface area contributed by atoms with Gasteiger partial charge in [0.05, 0.1) is 0 Å². The van der Waals surface area contributed by atoms with Crippen molar-refractivity contribution in [3.05, 3.63) is 23.8 Å². The van der Waals surface area contributed by atoms with Crippen molar-refractivity contribution in [2.24, 2.45) is 11.7 Å². The molecule has 1 aromatic carbocycles. The maximum absolute atomic E-state index is 12.5. The van der Waals surface area contributed by atoms with Crippen molar-refractivity contribution in [1.29, 1.82) is 0 Å². The number of fused-ring (bicyclic) bond motifs is 1. The van der Waals surface area contributed by atoms with Gasteiger partial charge in [0, 0.05) is 24.7 Å². The Hall–Kier alpha value is -1.75. The van der Waals surface area contributed by atoms with E-state index in [1.807, 2.05) is 4.90 Å². The average Bonchev–Trinajstić information content (AvgIpc) is 2.49. The molecule has 5 heteroatoms.